The van der Waals surface area contributed by atoms with Crippen LogP contribution < -0.4 is 10.2 Å². The summed E-state index contributed by atoms with van der Waals surface area (Å²) < 4.78 is 11.0. The molecule has 1 aliphatic heterocycles. The van der Waals surface area contributed by atoms with Gasteiger partial charge >= 0.3 is 0 Å². The minimum absolute atomic E-state index is 0.103. The summed E-state index contributed by atoms with van der Waals surface area (Å²) in [4.78, 5) is 25.4. The second-order valence-electron chi connectivity index (χ2n) is 7.11. The normalized spacial score (nSPS) is 15.3. The molecule has 1 aromatic carbocycles. The Bertz CT molecular complexity index is 1180. The molecule has 4 heterocycles. The van der Waals surface area contributed by atoms with Crippen LogP contribution in [0.2, 0.25) is 0 Å². The molecule has 148 valence electrons. The lowest BCUT2D eigenvalue weighted by Crippen LogP contribution is -2.49. The van der Waals surface area contributed by atoms with Crippen molar-refractivity contribution < 1.29 is 13.7 Å². The van der Waals surface area contributed by atoms with E-state index >= 15 is 0 Å². The maximum Gasteiger partial charge on any atom is 0.239 e. The second-order valence-corrected chi connectivity index (χ2v) is 7.11. The Kier molecular flexibility index (Phi) is 4.36. The van der Waals surface area contributed by atoms with Gasteiger partial charge < -0.3 is 19.2 Å². The first-order chi connectivity index (χ1) is 14.2. The predicted octanol–water partition coefficient (Wildman–Crippen LogP) is 2.43. The van der Waals surface area contributed by atoms with E-state index in [9.17, 15) is 4.79 Å². The number of carbonyl (C=O) groups is 1. The number of hydrogen-bond donors (Lipinski definition) is 1. The molecule has 9 heteroatoms. The second kappa shape index (κ2) is 7.17. The highest BCUT2D eigenvalue weighted by Gasteiger charge is 2.23. The van der Waals surface area contributed by atoms with E-state index in [0.717, 1.165) is 48.5 Å². The Morgan fingerprint density at radius 2 is 2.00 bits per heavy atom. The largest absolute Gasteiger partial charge is 0.450 e. The van der Waals surface area contributed by atoms with E-state index in [2.05, 4.69) is 30.2 Å². The summed E-state index contributed by atoms with van der Waals surface area (Å²) in [6, 6.07) is 9.56. The van der Waals surface area contributed by atoms with E-state index in [0.29, 0.717) is 23.7 Å². The molecule has 3 aromatic heterocycles. The maximum absolute atomic E-state index is 12.2. The predicted molar refractivity (Wildman–Crippen MR) is 108 cm³/mol. The van der Waals surface area contributed by atoms with Crippen molar-refractivity contribution in [3.05, 3.63) is 42.4 Å². The molecule has 1 saturated heterocycles. The van der Waals surface area contributed by atoms with Crippen LogP contribution in [0, 0.1) is 6.92 Å². The molecule has 0 bridgehead atoms. The summed E-state index contributed by atoms with van der Waals surface area (Å²) in [5.41, 5.74) is 2.35. The Balaban J connectivity index is 1.26. The molecule has 1 amide bonds. The fraction of sp³-hybridized carbons (Fsp3) is 0.300. The molecule has 0 spiro atoms. The smallest absolute Gasteiger partial charge is 0.239 e. The third kappa shape index (κ3) is 3.40. The van der Waals surface area contributed by atoms with E-state index in [1.54, 1.807) is 19.3 Å². The molecular weight excluding hydrogens is 372 g/mol. The Labute approximate surface area is 166 Å². The van der Waals surface area contributed by atoms with Crippen LogP contribution in [0.4, 0.5) is 11.6 Å². The summed E-state index contributed by atoms with van der Waals surface area (Å²) in [7, 11) is 0. The van der Waals surface area contributed by atoms with Gasteiger partial charge in [0.05, 0.1) is 6.54 Å². The minimum atomic E-state index is -0.103. The summed E-state index contributed by atoms with van der Waals surface area (Å²) in [5, 5.41) is 7.54. The van der Waals surface area contributed by atoms with Gasteiger partial charge in [0.1, 0.15) is 23.2 Å². The molecule has 1 fully saturated rings. The van der Waals surface area contributed by atoms with Crippen LogP contribution in [0.5, 0.6) is 0 Å². The number of benzene rings is 1. The summed E-state index contributed by atoms with van der Waals surface area (Å²) in [6.45, 7) is 5.09. The van der Waals surface area contributed by atoms with Gasteiger partial charge in [-0.1, -0.05) is 17.3 Å². The molecule has 0 unspecified atom stereocenters. The van der Waals surface area contributed by atoms with Gasteiger partial charge in [-0.25, -0.2) is 9.97 Å². The zero-order valence-electron chi connectivity index (χ0n) is 16.0. The van der Waals surface area contributed by atoms with E-state index in [4.69, 9.17) is 8.94 Å². The van der Waals surface area contributed by atoms with Gasteiger partial charge in [0.2, 0.25) is 5.91 Å². The molecule has 5 rings (SSSR count). The van der Waals surface area contributed by atoms with Crippen molar-refractivity contribution in [2.24, 2.45) is 0 Å². The van der Waals surface area contributed by atoms with Crippen LogP contribution >= 0.6 is 0 Å². The van der Waals surface area contributed by atoms with Crippen molar-refractivity contribution in [1.82, 2.24) is 20.0 Å². The van der Waals surface area contributed by atoms with Gasteiger partial charge in [-0.2, -0.15) is 0 Å². The van der Waals surface area contributed by atoms with Crippen LogP contribution in [0.1, 0.15) is 5.76 Å². The lowest BCUT2D eigenvalue weighted by molar-refractivity contribution is -0.117. The number of aryl methyl sites for hydroxylation is 1. The summed E-state index contributed by atoms with van der Waals surface area (Å²) in [6.07, 6.45) is 1.58. The van der Waals surface area contributed by atoms with Gasteiger partial charge in [-0.3, -0.25) is 9.69 Å². The molecule has 0 radical (unpaired) electrons. The van der Waals surface area contributed by atoms with Crippen molar-refractivity contribution in [2.75, 3.05) is 42.9 Å². The molecule has 1 aliphatic rings. The van der Waals surface area contributed by atoms with E-state index in [-0.39, 0.29) is 5.91 Å². The molecule has 29 heavy (non-hydrogen) atoms. The van der Waals surface area contributed by atoms with Crippen LogP contribution in [0.3, 0.4) is 0 Å². The van der Waals surface area contributed by atoms with Crippen LogP contribution in [0.25, 0.3) is 22.1 Å². The van der Waals surface area contributed by atoms with Gasteiger partial charge in [0, 0.05) is 37.6 Å². The van der Waals surface area contributed by atoms with Crippen molar-refractivity contribution >= 4 is 39.6 Å². The number of nitrogens with one attached hydrogen (secondary N) is 1. The van der Waals surface area contributed by atoms with Crippen molar-refractivity contribution in [1.29, 1.82) is 0 Å². The van der Waals surface area contributed by atoms with Gasteiger partial charge in [0.25, 0.3) is 0 Å². The number of hydrogen-bond acceptors (Lipinski definition) is 8. The molecule has 0 aliphatic carbocycles. The van der Waals surface area contributed by atoms with E-state index in [1.165, 1.54) is 0 Å². The number of nitrogens with zero attached hydrogens (tertiary/aromatic N) is 5. The molecule has 9 nitrogen and oxygen atoms in total. The Morgan fingerprint density at radius 1 is 1.17 bits per heavy atom. The topological polar surface area (TPSA) is 101 Å². The summed E-state index contributed by atoms with van der Waals surface area (Å²) in [5.74, 6) is 1.80. The molecular formula is C20H20N6O3. The SMILES string of the molecule is Cc1cc(NC(=O)CN2CCN(c3ncnc4c3oc3ccccc34)CC2)no1. The van der Waals surface area contributed by atoms with Crippen LogP contribution in [-0.4, -0.2) is 58.7 Å². The number of piperazine rings is 1. The van der Waals surface area contributed by atoms with Crippen molar-refractivity contribution in [2.45, 2.75) is 6.92 Å². The van der Waals surface area contributed by atoms with Crippen LogP contribution in [-0.2, 0) is 4.79 Å². The average Bonchev–Trinajstić information content (AvgIpc) is 3.31. The zero-order chi connectivity index (χ0) is 19.8. The standard InChI is InChI=1S/C20H20N6O3/c1-13-10-16(24-29-13)23-17(27)11-25-6-8-26(9-7-25)20-19-18(21-12-22-20)14-4-2-3-5-15(14)28-19/h2-5,10,12H,6-9,11H2,1H3,(H,23,24,27). The first-order valence-corrected chi connectivity index (χ1v) is 9.50. The van der Waals surface area contributed by atoms with Gasteiger partial charge in [-0.15, -0.1) is 0 Å². The van der Waals surface area contributed by atoms with Crippen molar-refractivity contribution in [3.8, 4) is 0 Å². The average molecular weight is 392 g/mol. The summed E-state index contributed by atoms with van der Waals surface area (Å²) >= 11 is 0. The number of aromatic nitrogens is 3. The number of carbonyl (C=O) groups excluding carboxylic acids is 1. The van der Waals surface area contributed by atoms with E-state index in [1.807, 2.05) is 24.3 Å². The molecule has 0 atom stereocenters. The van der Waals surface area contributed by atoms with Gasteiger partial charge in [-0.05, 0) is 19.1 Å². The monoisotopic (exact) mass is 392 g/mol. The maximum atomic E-state index is 12.2. The number of amides is 1. The Hall–Kier alpha value is -3.46. The third-order valence-electron chi connectivity index (χ3n) is 5.07. The highest BCUT2D eigenvalue weighted by molar-refractivity contribution is 6.05. The van der Waals surface area contributed by atoms with E-state index < -0.39 is 0 Å². The first kappa shape index (κ1) is 17.6. The highest BCUT2D eigenvalue weighted by atomic mass is 16.5. The third-order valence-corrected chi connectivity index (χ3v) is 5.07. The molecule has 1 N–H and O–H groups in total. The number of rotatable bonds is 4. The highest BCUT2D eigenvalue weighted by Crippen LogP contribution is 2.32. The number of fused-ring (bicyclic) bond motifs is 3. The number of para-hydroxylation sites is 1. The van der Waals surface area contributed by atoms with Crippen LogP contribution in [0.15, 0.2) is 45.6 Å². The van der Waals surface area contributed by atoms with Gasteiger partial charge in [0.15, 0.2) is 17.2 Å². The minimum Gasteiger partial charge on any atom is -0.450 e. The lowest BCUT2D eigenvalue weighted by atomic mass is 10.2. The fourth-order valence-corrected chi connectivity index (χ4v) is 3.67. The lowest BCUT2D eigenvalue weighted by Gasteiger charge is -2.34. The zero-order valence-corrected chi connectivity index (χ0v) is 16.0. The first-order valence-electron chi connectivity index (χ1n) is 9.50. The Morgan fingerprint density at radius 3 is 2.79 bits per heavy atom. The molecule has 4 aromatic rings. The molecule has 0 saturated carbocycles. The number of anilines is 2. The number of furan rings is 1. The quantitative estimate of drug-likeness (QED) is 0.565. The van der Waals surface area contributed by atoms with Crippen molar-refractivity contribution in [3.63, 3.8) is 0 Å². The fourth-order valence-electron chi connectivity index (χ4n) is 3.67.